The molecule has 0 unspecified atom stereocenters. The van der Waals surface area contributed by atoms with E-state index in [1.165, 1.54) is 51.8 Å². The van der Waals surface area contributed by atoms with E-state index >= 15 is 0 Å². The molecule has 1 aliphatic rings. The van der Waals surface area contributed by atoms with Crippen molar-refractivity contribution >= 4 is 79.6 Å². The molecule has 364 valence electrons. The van der Waals surface area contributed by atoms with Crippen molar-refractivity contribution in [1.82, 2.24) is 15.2 Å². The molecule has 1 aromatic heterocycles. The Bertz CT molecular complexity index is 1720. The number of ether oxygens (including phenoxy) is 1. The number of nitrogens with zero attached hydrogens (tertiary/aromatic N) is 2. The van der Waals surface area contributed by atoms with Gasteiger partial charge in [-0.05, 0) is 48.5 Å². The number of aromatic nitrogens is 1. The first-order valence-electron chi connectivity index (χ1n) is 24.5. The number of ketones is 1. The normalized spacial score (nSPS) is 17.5. The molecule has 2 heterocycles. The minimum absolute atomic E-state index is 0.0186. The van der Waals surface area contributed by atoms with Crippen LogP contribution in [-0.4, -0.2) is 99.6 Å². The second-order valence-electron chi connectivity index (χ2n) is 21.1. The number of hydrogen-bond acceptors (Lipinski definition) is 8. The number of halogens is 1. The number of carbonyl (C=O) groups excluding carboxylic acids is 4. The van der Waals surface area contributed by atoms with Gasteiger partial charge in [-0.1, -0.05) is 56.3 Å². The number of allylic oxidation sites excluding steroid dienone is 1. The molecule has 2 amide bonds. The van der Waals surface area contributed by atoms with E-state index in [-0.39, 0.29) is 58.9 Å². The summed E-state index contributed by atoms with van der Waals surface area (Å²) >= 11 is 1.10. The Morgan fingerprint density at radius 1 is 0.984 bits per heavy atom. The third-order valence-corrected chi connectivity index (χ3v) is 34.0. The average Bonchev–Trinajstić information content (AvgIpc) is 3.88. The molecule has 14 heteroatoms. The van der Waals surface area contributed by atoms with Crippen molar-refractivity contribution in [2.24, 2.45) is 11.8 Å². The molecule has 5 atom stereocenters. The maximum absolute atomic E-state index is 14.4. The van der Waals surface area contributed by atoms with Gasteiger partial charge in [-0.3, -0.25) is 9.59 Å². The van der Waals surface area contributed by atoms with Gasteiger partial charge in [0.25, 0.3) is 5.91 Å². The zero-order chi connectivity index (χ0) is 48.5. The molecule has 0 aromatic carbocycles. The Labute approximate surface area is 403 Å². The topological polar surface area (TPSA) is 128 Å². The van der Waals surface area contributed by atoms with E-state index in [0.717, 1.165) is 10.9 Å². The van der Waals surface area contributed by atoms with Crippen LogP contribution in [0, 0.1) is 11.8 Å². The first-order chi connectivity index (χ1) is 29.8. The summed E-state index contributed by atoms with van der Waals surface area (Å²) in [6, 6.07) is -0.779. The summed E-state index contributed by atoms with van der Waals surface area (Å²) in [5, 5.41) is 3.55. The first kappa shape index (κ1) is 58.3. The van der Waals surface area contributed by atoms with Crippen molar-refractivity contribution < 1.29 is 32.8 Å². The molecule has 1 fully saturated rings. The predicted molar refractivity (Wildman–Crippen MR) is 276 cm³/mol. The van der Waals surface area contributed by atoms with E-state index in [1.54, 1.807) is 11.0 Å². The zero-order valence-electron chi connectivity index (χ0n) is 42.7. The number of oxazole rings is 1. The molecule has 1 aromatic rings. The standard InChI is InChI=1S/C38H61BrN3O7Si2.3C4H9.Sn/c1-14-20-40-31(44)19-18-26(4)34(25(3)15-2)48-36(46)30-17-16-21-42(30)35(45)33-37(50(9,10)11)47-32(41-33)24-28(43)23-29(22-27(5)39)49-51(12,13)38(6,7)8;3*1-3-4-2;/h1,14,18-19,22,25-26,29-30,34H,15-17,20-21,23-24H2,2-13H3,(H,40,44);3*1,3-4H2,2H3;/b14-1?,19-18+,27-22+;;;;/t25-,26+,29+,30+,34+;;;;/m0..../s1. The summed E-state index contributed by atoms with van der Waals surface area (Å²) in [6.07, 6.45) is 16.2. The minimum atomic E-state index is -2.43. The number of nitrogens with one attached hydrogen (secondary N) is 1. The number of carbonyl (C=O) groups is 4. The second-order valence-corrected chi connectivity index (χ2v) is 45.1. The molecule has 64 heavy (non-hydrogen) atoms. The van der Waals surface area contributed by atoms with Crippen LogP contribution in [0.25, 0.3) is 0 Å². The van der Waals surface area contributed by atoms with Gasteiger partial charge >= 0.3 is 203 Å². The van der Waals surface area contributed by atoms with Crippen molar-refractivity contribution in [1.29, 1.82) is 0 Å². The molecular formula is C50H88BrN3O7Si2Sn. The first-order valence-corrected chi connectivity index (χ1v) is 39.4. The Balaban J connectivity index is 2.23. The monoisotopic (exact) mass is 1100 g/mol. The summed E-state index contributed by atoms with van der Waals surface area (Å²) in [4.78, 5) is 61.4. The number of likely N-dealkylation sites (tertiary alicyclic amines) is 1. The maximum atomic E-state index is 14.4. The van der Waals surface area contributed by atoms with Gasteiger partial charge in [-0.25, -0.2) is 4.98 Å². The Hall–Kier alpha value is -1.82. The third kappa shape index (κ3) is 18.7. The van der Waals surface area contributed by atoms with Crippen molar-refractivity contribution in [3.05, 3.63) is 44.5 Å². The number of hydrogen-bond donors (Lipinski definition) is 1. The van der Waals surface area contributed by atoms with E-state index in [4.69, 9.17) is 13.6 Å². The van der Waals surface area contributed by atoms with E-state index < -0.39 is 59.0 Å². The molecular weight excluding hydrogens is 1010 g/mol. The van der Waals surface area contributed by atoms with Gasteiger partial charge in [0.15, 0.2) is 14.0 Å². The summed E-state index contributed by atoms with van der Waals surface area (Å²) in [7, 11) is -4.46. The number of unbranched alkanes of at least 4 members (excludes halogenated alkanes) is 3. The Morgan fingerprint density at radius 2 is 1.58 bits per heavy atom. The van der Waals surface area contributed by atoms with E-state index in [0.29, 0.717) is 31.3 Å². The SMILES string of the molecule is CCC[CH2][Sn](/[CH]=C/CNC(=O)/C=C/[C@@H](C)[C@H](OC(=O)[C@H]1CCCN1C(=O)c1nc(CC(=O)C[C@@H](/C=C(\C)Br)O[Si](C)(C)C(C)(C)C)oc1[Si](C)(C)C)[C@@H](C)CC)([CH2]CCC)[CH2]CCC. The van der Waals surface area contributed by atoms with E-state index in [2.05, 4.69) is 125 Å². The molecule has 1 N–H and O–H groups in total. The average molecular weight is 1100 g/mol. The van der Waals surface area contributed by atoms with Gasteiger partial charge in [0.05, 0.1) is 12.5 Å². The van der Waals surface area contributed by atoms with Crippen LogP contribution >= 0.6 is 15.9 Å². The second kappa shape index (κ2) is 27.2. The van der Waals surface area contributed by atoms with Crippen LogP contribution in [0.2, 0.25) is 51.1 Å². The number of amides is 2. The van der Waals surface area contributed by atoms with Crippen LogP contribution in [-0.2, 0) is 30.0 Å². The Kier molecular flexibility index (Phi) is 24.8. The van der Waals surface area contributed by atoms with Crippen LogP contribution in [0.15, 0.2) is 37.3 Å². The summed E-state index contributed by atoms with van der Waals surface area (Å²) < 4.78 is 26.9. The van der Waals surface area contributed by atoms with Crippen molar-refractivity contribution in [3.63, 3.8) is 0 Å². The van der Waals surface area contributed by atoms with Crippen LogP contribution in [0.4, 0.5) is 0 Å². The van der Waals surface area contributed by atoms with Gasteiger partial charge < -0.3 is 13.7 Å². The molecule has 0 saturated carbocycles. The molecule has 1 saturated heterocycles. The zero-order valence-corrected chi connectivity index (χ0v) is 49.2. The van der Waals surface area contributed by atoms with E-state index in [1.807, 2.05) is 26.0 Å². The quantitative estimate of drug-likeness (QED) is 0.0499. The van der Waals surface area contributed by atoms with Crippen LogP contribution in [0.1, 0.15) is 150 Å². The van der Waals surface area contributed by atoms with Crippen LogP contribution in [0.3, 0.4) is 0 Å². The number of esters is 1. The summed E-state index contributed by atoms with van der Waals surface area (Å²) in [6.45, 7) is 32.8. The number of rotatable bonds is 28. The van der Waals surface area contributed by atoms with Gasteiger partial charge in [0, 0.05) is 13.0 Å². The van der Waals surface area contributed by atoms with Crippen molar-refractivity contribution in [2.45, 2.75) is 209 Å². The van der Waals surface area contributed by atoms with Crippen molar-refractivity contribution in [2.75, 3.05) is 13.1 Å². The fourth-order valence-corrected chi connectivity index (χ4v) is 25.4. The number of Topliss-reactive ketones (excluding diaryl/α,β-unsaturated/α-hetero) is 1. The van der Waals surface area contributed by atoms with E-state index in [9.17, 15) is 19.2 Å². The fraction of sp³-hybridized carbons (Fsp3) is 0.740. The third-order valence-electron chi connectivity index (χ3n) is 13.3. The Morgan fingerprint density at radius 3 is 2.09 bits per heavy atom. The molecule has 10 nitrogen and oxygen atoms in total. The molecule has 2 rings (SSSR count). The summed E-state index contributed by atoms with van der Waals surface area (Å²) in [5.74, 6) is -1.10. The van der Waals surface area contributed by atoms with Crippen molar-refractivity contribution in [3.8, 4) is 0 Å². The summed E-state index contributed by atoms with van der Waals surface area (Å²) in [5.41, 5.74) is 0.180. The molecule has 0 aliphatic carbocycles. The van der Waals surface area contributed by atoms with Gasteiger partial charge in [0.1, 0.15) is 19.2 Å². The van der Waals surface area contributed by atoms with Crippen LogP contribution < -0.4 is 10.7 Å². The molecule has 0 spiro atoms. The molecule has 0 bridgehead atoms. The van der Waals surface area contributed by atoms with Gasteiger partial charge in [-0.15, -0.1) is 0 Å². The fourth-order valence-electron chi connectivity index (χ4n) is 8.17. The van der Waals surface area contributed by atoms with Crippen LogP contribution in [0.5, 0.6) is 0 Å². The molecule has 0 radical (unpaired) electrons. The van der Waals surface area contributed by atoms with Gasteiger partial charge in [-0.2, -0.15) is 0 Å². The molecule has 1 aliphatic heterocycles. The predicted octanol–water partition coefficient (Wildman–Crippen LogP) is 12.2. The van der Waals surface area contributed by atoms with Gasteiger partial charge in [0.2, 0.25) is 5.89 Å².